The van der Waals surface area contributed by atoms with Crippen LogP contribution in [-0.4, -0.2) is 107 Å². The summed E-state index contributed by atoms with van der Waals surface area (Å²) in [5.74, 6) is -4.37. The van der Waals surface area contributed by atoms with Crippen LogP contribution < -0.4 is 5.11 Å². The molecular formula is C22H29O15S-. The highest BCUT2D eigenvalue weighted by molar-refractivity contribution is 7.80. The van der Waals surface area contributed by atoms with E-state index in [1.165, 1.54) is 0 Å². The molecule has 2 aliphatic heterocycles. The van der Waals surface area contributed by atoms with Crippen LogP contribution in [0.4, 0.5) is 0 Å². The van der Waals surface area contributed by atoms with Gasteiger partial charge in [-0.25, -0.2) is 4.18 Å². The largest absolute Gasteiger partial charge is 0.547 e. The smallest absolute Gasteiger partial charge is 0.397 e. The minimum atomic E-state index is -5.32. The topological polar surface area (TPSA) is 239 Å². The van der Waals surface area contributed by atoms with E-state index in [9.17, 15) is 43.5 Å². The molecule has 0 radical (unpaired) electrons. The van der Waals surface area contributed by atoms with Gasteiger partial charge in [-0.15, -0.1) is 0 Å². The van der Waals surface area contributed by atoms with Crippen molar-refractivity contribution in [3.8, 4) is 0 Å². The summed E-state index contributed by atoms with van der Waals surface area (Å²) in [6.45, 7) is 2.72. The van der Waals surface area contributed by atoms with Gasteiger partial charge in [-0.1, -0.05) is 29.8 Å². The number of carbonyl (C=O) groups is 2. The number of ether oxygens (including phenoxy) is 4. The lowest BCUT2D eigenvalue weighted by atomic mass is 9.87. The van der Waals surface area contributed by atoms with Crippen LogP contribution in [-0.2, 0) is 49.7 Å². The van der Waals surface area contributed by atoms with Crippen LogP contribution in [0.5, 0.6) is 0 Å². The van der Waals surface area contributed by atoms with Crippen molar-refractivity contribution in [2.24, 2.45) is 5.92 Å². The van der Waals surface area contributed by atoms with Gasteiger partial charge in [0, 0.05) is 0 Å². The average molecular weight is 566 g/mol. The number of aliphatic hydroxyl groups excluding tert-OH is 4. The standard InChI is InChI=1S/C22H30O15S/c1-9-3-5-11(6-4-9)7-33-8-12-14(24)17(13(10(2)23)21(29)34-12)35-22-19(37-38(30,31)32)16(26)15(25)18(36-22)20(27)28/h3-6,12-19,21-22,24-26,29H,7-8H2,1-2H3,(H,27,28)(H,30,31,32)/p-1/t12-,13-,14-,15+,16+,17-,18+,19-,21?,22-/m1/s1. The van der Waals surface area contributed by atoms with Crippen LogP contribution in [0, 0.1) is 12.8 Å². The van der Waals surface area contributed by atoms with Crippen molar-refractivity contribution >= 4 is 22.2 Å². The third kappa shape index (κ3) is 7.30. The number of aryl methyl sites for hydroxylation is 1. The normalized spacial score (nSPS) is 36.1. The highest BCUT2D eigenvalue weighted by Gasteiger charge is 2.53. The van der Waals surface area contributed by atoms with Crippen LogP contribution in [0.25, 0.3) is 0 Å². The molecule has 0 saturated carbocycles. The van der Waals surface area contributed by atoms with Crippen molar-refractivity contribution in [2.45, 2.75) is 75.8 Å². The van der Waals surface area contributed by atoms with Crippen LogP contribution in [0.2, 0.25) is 0 Å². The molecule has 38 heavy (non-hydrogen) atoms. The average Bonchev–Trinajstić information content (AvgIpc) is 2.81. The van der Waals surface area contributed by atoms with Gasteiger partial charge < -0.3 is 49.3 Å². The predicted molar refractivity (Wildman–Crippen MR) is 119 cm³/mol. The van der Waals surface area contributed by atoms with Gasteiger partial charge in [0.25, 0.3) is 0 Å². The summed E-state index contributed by atoms with van der Waals surface area (Å²) in [7, 11) is -5.32. The molecule has 0 aromatic heterocycles. The summed E-state index contributed by atoms with van der Waals surface area (Å²) in [4.78, 5) is 23.7. The Balaban J connectivity index is 1.82. The van der Waals surface area contributed by atoms with Crippen LogP contribution in [0.3, 0.4) is 0 Å². The summed E-state index contributed by atoms with van der Waals surface area (Å²) >= 11 is 0. The van der Waals surface area contributed by atoms with Gasteiger partial charge in [0.2, 0.25) is 0 Å². The molecule has 1 unspecified atom stereocenters. The van der Waals surface area contributed by atoms with Crippen molar-refractivity contribution < 1.29 is 71.2 Å². The van der Waals surface area contributed by atoms with Gasteiger partial charge in [-0.05, 0) is 19.4 Å². The first-order valence-electron chi connectivity index (χ1n) is 11.4. The number of ketones is 1. The van der Waals surface area contributed by atoms with Crippen LogP contribution >= 0.6 is 0 Å². The lowest BCUT2D eigenvalue weighted by Crippen LogP contribution is -2.66. The summed E-state index contributed by atoms with van der Waals surface area (Å²) in [5.41, 5.74) is 1.82. The van der Waals surface area contributed by atoms with Gasteiger partial charge in [0.05, 0.1) is 25.1 Å². The minimum Gasteiger partial charge on any atom is -0.547 e. The second kappa shape index (κ2) is 12.4. The molecule has 1 aromatic rings. The fourth-order valence-electron chi connectivity index (χ4n) is 4.18. The van der Waals surface area contributed by atoms with E-state index in [0.717, 1.165) is 18.1 Å². The Morgan fingerprint density at radius 2 is 1.63 bits per heavy atom. The molecule has 5 N–H and O–H groups in total. The molecule has 2 heterocycles. The summed E-state index contributed by atoms with van der Waals surface area (Å²) in [5, 5.41) is 53.1. The number of hydrogen-bond acceptors (Lipinski definition) is 14. The van der Waals surface area contributed by atoms with E-state index in [0.29, 0.717) is 0 Å². The zero-order chi connectivity index (χ0) is 28.4. The Hall–Kier alpha value is -2.09. The van der Waals surface area contributed by atoms with Crippen molar-refractivity contribution in [1.29, 1.82) is 0 Å². The molecule has 16 heteroatoms. The zero-order valence-electron chi connectivity index (χ0n) is 20.2. The Kier molecular flexibility index (Phi) is 9.93. The maximum atomic E-state index is 12.3. The van der Waals surface area contributed by atoms with Gasteiger partial charge in [0.15, 0.2) is 18.7 Å². The SMILES string of the molecule is CC(=O)[C@H]1C(O)O[C@H](COCc2ccc(C)cc2)[C@@H](O)[C@@H]1O[C@@H]1O[C@H](C(=O)[O-])[C@@H](O)[C@H](O)[C@H]1OS(=O)(=O)O. The fourth-order valence-corrected chi connectivity index (χ4v) is 4.67. The second-order valence-corrected chi connectivity index (χ2v) is 10.1. The Bertz CT molecular complexity index is 1080. The number of aliphatic carboxylic acids is 1. The second-order valence-electron chi connectivity index (χ2n) is 9.01. The number of rotatable bonds is 10. The molecule has 10 atom stereocenters. The van der Waals surface area contributed by atoms with Crippen molar-refractivity contribution in [3.63, 3.8) is 0 Å². The number of Topliss-reactive ketones (excluding diaryl/α,β-unsaturated/α-hetero) is 1. The van der Waals surface area contributed by atoms with Gasteiger partial charge in [0.1, 0.15) is 42.4 Å². The molecule has 0 aliphatic carbocycles. The molecule has 2 aliphatic rings. The van der Waals surface area contributed by atoms with E-state index in [1.54, 1.807) is 0 Å². The number of carboxylic acids is 1. The maximum Gasteiger partial charge on any atom is 0.397 e. The van der Waals surface area contributed by atoms with Gasteiger partial charge in [-0.3, -0.25) is 9.35 Å². The van der Waals surface area contributed by atoms with E-state index in [-0.39, 0.29) is 13.2 Å². The van der Waals surface area contributed by atoms with Gasteiger partial charge >= 0.3 is 10.4 Å². The summed E-state index contributed by atoms with van der Waals surface area (Å²) in [6.07, 6.45) is -18.0. The lowest BCUT2D eigenvalue weighted by Gasteiger charge is -2.46. The number of aliphatic hydroxyl groups is 4. The molecule has 1 aromatic carbocycles. The lowest BCUT2D eigenvalue weighted by molar-refractivity contribution is -0.363. The van der Waals surface area contributed by atoms with E-state index in [2.05, 4.69) is 4.18 Å². The molecule has 2 saturated heterocycles. The fraction of sp³-hybridized carbons (Fsp3) is 0.636. The van der Waals surface area contributed by atoms with Crippen molar-refractivity contribution in [1.82, 2.24) is 0 Å². The van der Waals surface area contributed by atoms with Crippen LogP contribution in [0.15, 0.2) is 24.3 Å². The van der Waals surface area contributed by atoms with E-state index >= 15 is 0 Å². The third-order valence-electron chi connectivity index (χ3n) is 6.14. The summed E-state index contributed by atoms with van der Waals surface area (Å²) < 4.78 is 57.5. The highest BCUT2D eigenvalue weighted by Crippen LogP contribution is 2.33. The van der Waals surface area contributed by atoms with Crippen molar-refractivity contribution in [3.05, 3.63) is 35.4 Å². The highest BCUT2D eigenvalue weighted by atomic mass is 32.3. The quantitative estimate of drug-likeness (QED) is 0.173. The minimum absolute atomic E-state index is 0.0952. The Morgan fingerprint density at radius 1 is 1.00 bits per heavy atom. The van der Waals surface area contributed by atoms with Crippen LogP contribution in [0.1, 0.15) is 18.1 Å². The first-order chi connectivity index (χ1) is 17.7. The predicted octanol–water partition coefficient (Wildman–Crippen LogP) is -3.44. The zero-order valence-corrected chi connectivity index (χ0v) is 21.0. The molecule has 214 valence electrons. The molecule has 0 spiro atoms. The van der Waals surface area contributed by atoms with Crippen molar-refractivity contribution in [2.75, 3.05) is 6.61 Å². The molecule has 0 bridgehead atoms. The number of benzene rings is 1. The first-order valence-corrected chi connectivity index (χ1v) is 12.7. The Labute approximate surface area is 217 Å². The van der Waals surface area contributed by atoms with Gasteiger partial charge in [-0.2, -0.15) is 8.42 Å². The monoisotopic (exact) mass is 565 g/mol. The Morgan fingerprint density at radius 3 is 2.18 bits per heavy atom. The third-order valence-corrected chi connectivity index (χ3v) is 6.60. The molecule has 2 fully saturated rings. The maximum absolute atomic E-state index is 12.3. The summed E-state index contributed by atoms with van der Waals surface area (Å²) in [6, 6.07) is 7.33. The van der Waals surface area contributed by atoms with E-state index in [4.69, 9.17) is 23.5 Å². The molecule has 0 amide bonds. The number of carbonyl (C=O) groups excluding carboxylic acids is 2. The van der Waals surface area contributed by atoms with E-state index in [1.807, 2.05) is 31.2 Å². The molecule has 15 nitrogen and oxygen atoms in total. The number of hydrogen-bond donors (Lipinski definition) is 5. The first kappa shape index (κ1) is 30.5. The van der Waals surface area contributed by atoms with E-state index < -0.39 is 83.4 Å². The number of carboxylic acid groups (broad SMARTS) is 1. The molecular weight excluding hydrogens is 536 g/mol. The molecule has 3 rings (SSSR count).